The average molecular weight is 489 g/mol. The fraction of sp³-hybridized carbons (Fsp3) is 0.222. The molecular weight excluding hydrogens is 464 g/mol. The molecule has 0 radical (unpaired) electrons. The van der Waals surface area contributed by atoms with E-state index in [4.69, 9.17) is 21.6 Å². The first-order chi connectivity index (χ1) is 16.3. The number of hydrogen-bond acceptors (Lipinski definition) is 5. The Morgan fingerprint density at radius 1 is 1.00 bits per heavy atom. The topological polar surface area (TPSA) is 63.7 Å². The molecule has 0 saturated carbocycles. The second kappa shape index (κ2) is 9.92. The summed E-state index contributed by atoms with van der Waals surface area (Å²) in [5, 5.41) is 19.4. The summed E-state index contributed by atoms with van der Waals surface area (Å²) >= 11 is 8.04. The fourth-order valence-corrected chi connectivity index (χ4v) is 4.68. The molecule has 0 fully saturated rings. The number of nitrogens with zero attached hydrogens (tertiary/aromatic N) is 4. The van der Waals surface area contributed by atoms with Gasteiger partial charge in [-0.3, -0.25) is 4.57 Å². The van der Waals surface area contributed by atoms with E-state index in [1.165, 1.54) is 5.56 Å². The van der Waals surface area contributed by atoms with Crippen LogP contribution in [0.2, 0.25) is 5.02 Å². The summed E-state index contributed by atoms with van der Waals surface area (Å²) in [6.45, 7) is 6.59. The summed E-state index contributed by atoms with van der Waals surface area (Å²) in [5.74, 6) is 2.04. The summed E-state index contributed by atoms with van der Waals surface area (Å²) in [7, 11) is 1.60. The standard InChI is InChI=1S/C27H25ClN4OS/c1-27(2,3)21-11-9-20(10-12-21)25-30-31-26(34-17-19-7-5-18(16-29)6-8-19)32(25)22-13-14-24(33-4)23(28)15-22/h5-15H,17H2,1-4H3. The van der Waals surface area contributed by atoms with Gasteiger partial charge in [0, 0.05) is 11.3 Å². The van der Waals surface area contributed by atoms with Gasteiger partial charge in [-0.15, -0.1) is 10.2 Å². The summed E-state index contributed by atoms with van der Waals surface area (Å²) < 4.78 is 7.35. The zero-order valence-electron chi connectivity index (χ0n) is 19.5. The van der Waals surface area contributed by atoms with Crippen LogP contribution in [0.25, 0.3) is 17.1 Å². The van der Waals surface area contributed by atoms with Crippen LogP contribution in [0.4, 0.5) is 0 Å². The third-order valence-corrected chi connectivity index (χ3v) is 6.78. The van der Waals surface area contributed by atoms with Gasteiger partial charge in [-0.1, -0.05) is 80.5 Å². The van der Waals surface area contributed by atoms with Gasteiger partial charge in [0.05, 0.1) is 29.5 Å². The van der Waals surface area contributed by atoms with E-state index >= 15 is 0 Å². The minimum atomic E-state index is 0.0673. The van der Waals surface area contributed by atoms with Crippen LogP contribution in [-0.2, 0) is 11.2 Å². The third kappa shape index (κ3) is 5.11. The van der Waals surface area contributed by atoms with Crippen molar-refractivity contribution in [2.24, 2.45) is 0 Å². The van der Waals surface area contributed by atoms with Crippen molar-refractivity contribution in [3.8, 4) is 28.9 Å². The first kappa shape index (κ1) is 23.9. The molecule has 0 unspecified atom stereocenters. The lowest BCUT2D eigenvalue weighted by atomic mass is 9.87. The number of hydrogen-bond donors (Lipinski definition) is 0. The fourth-order valence-electron chi connectivity index (χ4n) is 3.52. The molecule has 0 bridgehead atoms. The summed E-state index contributed by atoms with van der Waals surface area (Å²) in [4.78, 5) is 0. The number of ether oxygens (including phenoxy) is 1. The van der Waals surface area contributed by atoms with Gasteiger partial charge < -0.3 is 4.74 Å². The normalized spacial score (nSPS) is 11.3. The molecule has 3 aromatic carbocycles. The minimum absolute atomic E-state index is 0.0673. The van der Waals surface area contributed by atoms with Crippen molar-refractivity contribution >= 4 is 23.4 Å². The molecule has 34 heavy (non-hydrogen) atoms. The number of rotatable bonds is 6. The zero-order chi connectivity index (χ0) is 24.3. The zero-order valence-corrected chi connectivity index (χ0v) is 21.1. The van der Waals surface area contributed by atoms with Gasteiger partial charge in [-0.2, -0.15) is 5.26 Å². The average Bonchev–Trinajstić information content (AvgIpc) is 3.26. The molecule has 0 saturated heterocycles. The molecule has 0 amide bonds. The van der Waals surface area contributed by atoms with Crippen molar-refractivity contribution in [2.75, 3.05) is 7.11 Å². The third-order valence-electron chi connectivity index (χ3n) is 5.49. The van der Waals surface area contributed by atoms with E-state index in [2.05, 4.69) is 61.3 Å². The van der Waals surface area contributed by atoms with Crippen LogP contribution in [-0.4, -0.2) is 21.9 Å². The van der Waals surface area contributed by atoms with E-state index in [0.717, 1.165) is 27.8 Å². The molecule has 4 aromatic rings. The Balaban J connectivity index is 1.73. The van der Waals surface area contributed by atoms with Gasteiger partial charge in [-0.25, -0.2) is 0 Å². The predicted octanol–water partition coefficient (Wildman–Crippen LogP) is 7.06. The monoisotopic (exact) mass is 488 g/mol. The lowest BCUT2D eigenvalue weighted by Crippen LogP contribution is -2.10. The van der Waals surface area contributed by atoms with Crippen molar-refractivity contribution in [1.82, 2.24) is 14.8 Å². The maximum atomic E-state index is 9.03. The van der Waals surface area contributed by atoms with Gasteiger partial charge in [0.25, 0.3) is 0 Å². The van der Waals surface area contributed by atoms with Crippen LogP contribution in [0, 0.1) is 11.3 Å². The van der Waals surface area contributed by atoms with Crippen molar-refractivity contribution in [3.63, 3.8) is 0 Å². The van der Waals surface area contributed by atoms with Crippen molar-refractivity contribution in [2.45, 2.75) is 37.1 Å². The van der Waals surface area contributed by atoms with Gasteiger partial charge in [-0.05, 0) is 46.9 Å². The molecule has 7 heteroatoms. The van der Waals surface area contributed by atoms with Gasteiger partial charge in [0.1, 0.15) is 5.75 Å². The molecule has 4 rings (SSSR count). The second-order valence-electron chi connectivity index (χ2n) is 8.89. The SMILES string of the molecule is COc1ccc(-n2c(SCc3ccc(C#N)cc3)nnc2-c2ccc(C(C)(C)C)cc2)cc1Cl. The molecule has 0 aliphatic carbocycles. The number of methoxy groups -OCH3 is 1. The van der Waals surface area contributed by atoms with Crippen LogP contribution in [0.1, 0.15) is 37.5 Å². The quantitative estimate of drug-likeness (QED) is 0.272. The maximum absolute atomic E-state index is 9.03. The van der Waals surface area contributed by atoms with Crippen LogP contribution >= 0.6 is 23.4 Å². The lowest BCUT2D eigenvalue weighted by Gasteiger charge is -2.19. The van der Waals surface area contributed by atoms with Crippen LogP contribution in [0.15, 0.2) is 71.9 Å². The molecule has 0 atom stereocenters. The molecule has 5 nitrogen and oxygen atoms in total. The highest BCUT2D eigenvalue weighted by molar-refractivity contribution is 7.98. The highest BCUT2D eigenvalue weighted by Crippen LogP contribution is 2.34. The Labute approximate surface area is 209 Å². The highest BCUT2D eigenvalue weighted by atomic mass is 35.5. The molecule has 172 valence electrons. The second-order valence-corrected chi connectivity index (χ2v) is 10.2. The molecular formula is C27H25ClN4OS. The largest absolute Gasteiger partial charge is 0.495 e. The molecule has 0 N–H and O–H groups in total. The number of halogens is 1. The highest BCUT2D eigenvalue weighted by Gasteiger charge is 2.19. The van der Waals surface area contributed by atoms with E-state index in [0.29, 0.717) is 22.1 Å². The smallest absolute Gasteiger partial charge is 0.196 e. The van der Waals surface area contributed by atoms with E-state index in [1.807, 2.05) is 47.0 Å². The van der Waals surface area contributed by atoms with E-state index < -0.39 is 0 Å². The van der Waals surface area contributed by atoms with E-state index in [9.17, 15) is 0 Å². The minimum Gasteiger partial charge on any atom is -0.495 e. The Morgan fingerprint density at radius 3 is 2.29 bits per heavy atom. The van der Waals surface area contributed by atoms with Crippen LogP contribution in [0.3, 0.4) is 0 Å². The molecule has 0 aliphatic rings. The first-order valence-corrected chi connectivity index (χ1v) is 12.2. The van der Waals surface area contributed by atoms with Crippen LogP contribution in [0.5, 0.6) is 5.75 Å². The van der Waals surface area contributed by atoms with Crippen molar-refractivity contribution in [1.29, 1.82) is 5.26 Å². The Hall–Kier alpha value is -3.27. The summed E-state index contributed by atoms with van der Waals surface area (Å²) in [5.41, 5.74) is 4.89. The first-order valence-electron chi connectivity index (χ1n) is 10.8. The molecule has 1 heterocycles. The Morgan fingerprint density at radius 2 is 1.71 bits per heavy atom. The van der Waals surface area contributed by atoms with Gasteiger partial charge in [0.15, 0.2) is 11.0 Å². The van der Waals surface area contributed by atoms with E-state index in [-0.39, 0.29) is 5.41 Å². The lowest BCUT2D eigenvalue weighted by molar-refractivity contribution is 0.415. The maximum Gasteiger partial charge on any atom is 0.196 e. The number of benzene rings is 3. The molecule has 1 aromatic heterocycles. The number of nitriles is 1. The summed E-state index contributed by atoms with van der Waals surface area (Å²) in [6, 6.07) is 23.8. The van der Waals surface area contributed by atoms with Crippen LogP contribution < -0.4 is 4.74 Å². The Kier molecular flexibility index (Phi) is 6.97. The summed E-state index contributed by atoms with van der Waals surface area (Å²) in [6.07, 6.45) is 0. The molecule has 0 spiro atoms. The van der Waals surface area contributed by atoms with Gasteiger partial charge in [0.2, 0.25) is 0 Å². The molecule has 0 aliphatic heterocycles. The number of aromatic nitrogens is 3. The van der Waals surface area contributed by atoms with E-state index in [1.54, 1.807) is 18.9 Å². The Bertz CT molecular complexity index is 1330. The van der Waals surface area contributed by atoms with Gasteiger partial charge >= 0.3 is 0 Å². The van der Waals surface area contributed by atoms with Crippen molar-refractivity contribution in [3.05, 3.63) is 88.4 Å². The van der Waals surface area contributed by atoms with Crippen molar-refractivity contribution < 1.29 is 4.74 Å². The number of thioether (sulfide) groups is 1. The predicted molar refractivity (Wildman–Crippen MR) is 138 cm³/mol.